The van der Waals surface area contributed by atoms with Gasteiger partial charge < -0.3 is 4.90 Å². The van der Waals surface area contributed by atoms with Crippen LogP contribution < -0.4 is 10.4 Å². The maximum absolute atomic E-state index is 10.4. The van der Waals surface area contributed by atoms with Crippen molar-refractivity contribution in [2.24, 2.45) is 0 Å². The van der Waals surface area contributed by atoms with Gasteiger partial charge in [-0.2, -0.15) is 0 Å². The zero-order chi connectivity index (χ0) is 10.1. The predicted molar refractivity (Wildman–Crippen MR) is 50.7 cm³/mol. The number of hydrogen-bond donors (Lipinski definition) is 2. The first kappa shape index (κ1) is 8.76. The maximum atomic E-state index is 10.4. The van der Waals surface area contributed by atoms with Crippen LogP contribution in [0.3, 0.4) is 0 Å². The van der Waals surface area contributed by atoms with Crippen LogP contribution in [0.2, 0.25) is 0 Å². The molecule has 0 atom stereocenters. The Morgan fingerprint density at radius 2 is 2.21 bits per heavy atom. The molecule has 0 unspecified atom stereocenters. The van der Waals surface area contributed by atoms with Crippen LogP contribution in [0.25, 0.3) is 0 Å². The second-order valence-corrected chi connectivity index (χ2v) is 3.06. The first-order chi connectivity index (χ1) is 6.72. The molecule has 0 spiro atoms. The van der Waals surface area contributed by atoms with Crippen LogP contribution >= 0.6 is 0 Å². The molecule has 2 N–H and O–H groups in total. The van der Waals surface area contributed by atoms with Gasteiger partial charge in [0.2, 0.25) is 0 Å². The van der Waals surface area contributed by atoms with Crippen molar-refractivity contribution >= 4 is 17.1 Å². The van der Waals surface area contributed by atoms with Crippen LogP contribution in [-0.2, 0) is 0 Å². The monoisotopic (exact) mass is 195 g/mol. The highest BCUT2D eigenvalue weighted by molar-refractivity contribution is 5.74. The lowest BCUT2D eigenvalue weighted by atomic mass is 10.2. The molecule has 1 heterocycles. The fraction of sp³-hybridized carbons (Fsp3) is 0.250. The Bertz CT molecular complexity index is 376. The average molecular weight is 195 g/mol. The number of nitro groups is 1. The van der Waals surface area contributed by atoms with Crippen molar-refractivity contribution in [3.8, 4) is 0 Å². The van der Waals surface area contributed by atoms with Gasteiger partial charge in [-0.3, -0.25) is 20.8 Å². The minimum Gasteiger partial charge on any atom is -0.366 e. The molecule has 6 nitrogen and oxygen atoms in total. The van der Waals surface area contributed by atoms with E-state index in [1.165, 1.54) is 12.1 Å². The van der Waals surface area contributed by atoms with E-state index in [1.807, 2.05) is 10.4 Å². The fourth-order valence-electron chi connectivity index (χ4n) is 1.29. The van der Waals surface area contributed by atoms with Gasteiger partial charge in [-0.05, 0) is 6.07 Å². The minimum atomic E-state index is -0.493. The van der Waals surface area contributed by atoms with Gasteiger partial charge in [0.25, 0.3) is 5.69 Å². The molecule has 1 saturated heterocycles. The first-order valence-electron chi connectivity index (χ1n) is 4.16. The van der Waals surface area contributed by atoms with Crippen LogP contribution in [0, 0.1) is 10.1 Å². The molecule has 6 heteroatoms. The topological polar surface area (TPSA) is 78.4 Å². The van der Waals surface area contributed by atoms with Crippen molar-refractivity contribution in [2.75, 3.05) is 23.5 Å². The van der Waals surface area contributed by atoms with Gasteiger partial charge in [-0.15, -0.1) is 0 Å². The standard InChI is InChI=1S/C8H9N3O3/c12-9-7-5-6(11(13)14)1-2-8(7)10-3-4-10/h1-2,5,9,12H,3-4H2. The molecule has 1 fully saturated rings. The molecule has 0 saturated carbocycles. The molecule has 0 aliphatic carbocycles. The van der Waals surface area contributed by atoms with Gasteiger partial charge in [0.1, 0.15) is 0 Å². The van der Waals surface area contributed by atoms with Gasteiger partial charge in [-0.25, -0.2) is 0 Å². The summed E-state index contributed by atoms with van der Waals surface area (Å²) < 4.78 is 0. The zero-order valence-corrected chi connectivity index (χ0v) is 7.30. The summed E-state index contributed by atoms with van der Waals surface area (Å²) in [5.74, 6) is 0. The third-order valence-corrected chi connectivity index (χ3v) is 2.10. The largest absolute Gasteiger partial charge is 0.366 e. The van der Waals surface area contributed by atoms with E-state index in [-0.39, 0.29) is 5.69 Å². The summed E-state index contributed by atoms with van der Waals surface area (Å²) in [5.41, 5.74) is 3.09. The van der Waals surface area contributed by atoms with Crippen LogP contribution in [0.4, 0.5) is 17.1 Å². The molecule has 74 valence electrons. The number of nitro benzene ring substituents is 1. The Balaban J connectivity index is 2.38. The summed E-state index contributed by atoms with van der Waals surface area (Å²) in [7, 11) is 0. The average Bonchev–Trinajstić information content (AvgIpc) is 3.00. The molecule has 0 bridgehead atoms. The van der Waals surface area contributed by atoms with Gasteiger partial charge in [-0.1, -0.05) is 0 Å². The molecule has 14 heavy (non-hydrogen) atoms. The van der Waals surface area contributed by atoms with Gasteiger partial charge in [0.05, 0.1) is 16.3 Å². The lowest BCUT2D eigenvalue weighted by molar-refractivity contribution is -0.384. The summed E-state index contributed by atoms with van der Waals surface area (Å²) in [4.78, 5) is 11.9. The predicted octanol–water partition coefficient (Wildman–Crippen LogP) is 1.22. The third-order valence-electron chi connectivity index (χ3n) is 2.10. The van der Waals surface area contributed by atoms with Crippen LogP contribution in [0.5, 0.6) is 0 Å². The first-order valence-corrected chi connectivity index (χ1v) is 4.16. The Morgan fingerprint density at radius 1 is 1.50 bits per heavy atom. The highest BCUT2D eigenvalue weighted by atomic mass is 16.6. The molecular weight excluding hydrogens is 186 g/mol. The molecule has 1 aliphatic heterocycles. The van der Waals surface area contributed by atoms with Gasteiger partial charge in [0.15, 0.2) is 0 Å². The Kier molecular flexibility index (Phi) is 1.97. The summed E-state index contributed by atoms with van der Waals surface area (Å²) in [6, 6.07) is 4.37. The quantitative estimate of drug-likeness (QED) is 0.430. The lowest BCUT2D eigenvalue weighted by Crippen LogP contribution is -1.99. The maximum Gasteiger partial charge on any atom is 0.271 e. The van der Waals surface area contributed by atoms with Gasteiger partial charge >= 0.3 is 0 Å². The minimum absolute atomic E-state index is 0.0350. The second kappa shape index (κ2) is 3.15. The number of nitrogens with one attached hydrogen (secondary N) is 1. The highest BCUT2D eigenvalue weighted by Crippen LogP contribution is 2.32. The molecule has 1 aromatic carbocycles. The number of nitrogens with zero attached hydrogens (tertiary/aromatic N) is 2. The van der Waals surface area contributed by atoms with Crippen LogP contribution in [-0.4, -0.2) is 23.2 Å². The van der Waals surface area contributed by atoms with E-state index in [1.54, 1.807) is 6.07 Å². The summed E-state index contributed by atoms with van der Waals surface area (Å²) in [6.45, 7) is 1.85. The summed E-state index contributed by atoms with van der Waals surface area (Å²) >= 11 is 0. The Labute approximate surface area is 79.9 Å². The summed E-state index contributed by atoms with van der Waals surface area (Å²) in [5, 5.41) is 19.3. The molecule has 0 radical (unpaired) electrons. The van der Waals surface area contributed by atoms with Crippen molar-refractivity contribution in [2.45, 2.75) is 0 Å². The molecule has 1 aliphatic rings. The lowest BCUT2D eigenvalue weighted by Gasteiger charge is -2.08. The Hall–Kier alpha value is -1.82. The number of benzene rings is 1. The highest BCUT2D eigenvalue weighted by Gasteiger charge is 2.22. The van der Waals surface area contributed by atoms with Gasteiger partial charge in [0, 0.05) is 25.2 Å². The van der Waals surface area contributed by atoms with E-state index < -0.39 is 4.92 Å². The smallest absolute Gasteiger partial charge is 0.271 e. The number of non-ortho nitro benzene ring substituents is 1. The van der Waals surface area contributed by atoms with E-state index in [2.05, 4.69) is 0 Å². The van der Waals surface area contributed by atoms with Crippen molar-refractivity contribution in [1.29, 1.82) is 0 Å². The van der Waals surface area contributed by atoms with Crippen molar-refractivity contribution in [3.05, 3.63) is 28.3 Å². The molecular formula is C8H9N3O3. The summed E-state index contributed by atoms with van der Waals surface area (Å²) in [6.07, 6.45) is 0. The van der Waals surface area contributed by atoms with Crippen LogP contribution in [0.15, 0.2) is 18.2 Å². The molecule has 2 rings (SSSR count). The van der Waals surface area contributed by atoms with Crippen LogP contribution in [0.1, 0.15) is 0 Å². The normalized spacial score (nSPS) is 13.9. The zero-order valence-electron chi connectivity index (χ0n) is 7.30. The van der Waals surface area contributed by atoms with E-state index in [0.717, 1.165) is 18.8 Å². The van der Waals surface area contributed by atoms with Crippen molar-refractivity contribution in [1.82, 2.24) is 0 Å². The van der Waals surface area contributed by atoms with E-state index in [0.29, 0.717) is 5.69 Å². The fourth-order valence-corrected chi connectivity index (χ4v) is 1.29. The molecule has 0 aromatic heterocycles. The number of rotatable bonds is 3. The van der Waals surface area contributed by atoms with E-state index in [9.17, 15) is 10.1 Å². The van der Waals surface area contributed by atoms with E-state index >= 15 is 0 Å². The third kappa shape index (κ3) is 1.47. The molecule has 1 aromatic rings. The SMILES string of the molecule is O=[N+]([O-])c1ccc(N2CC2)c(NO)c1. The Morgan fingerprint density at radius 3 is 2.71 bits per heavy atom. The second-order valence-electron chi connectivity index (χ2n) is 3.06. The van der Waals surface area contributed by atoms with Crippen molar-refractivity contribution in [3.63, 3.8) is 0 Å². The molecule has 0 amide bonds. The van der Waals surface area contributed by atoms with Crippen molar-refractivity contribution < 1.29 is 10.1 Å². The number of hydrogen-bond acceptors (Lipinski definition) is 5. The number of anilines is 2. The van der Waals surface area contributed by atoms with E-state index in [4.69, 9.17) is 5.21 Å².